The standard InChI is InChI=1S/C23H22ClFNO2.C17H20N4O5.C13H23NO.H2N.W/c1-27-12-13-28-22-9-5-8-18(23(22)25)19-14-17(10-11-21(19)24)20(15-26)16-6-3-2-4-7-16;1-26-14-10-12(16(24)20-8-6-19(11-22)7-9-20)2-3-13(14)21-5-4-15(23)18-17(21)25;1-11-7-9-14(10-8-11)13(15)12-5-3-2-4-6-12;;/h2-7,9-11,14,20H,12-13,15,26H2,1H3;2-3,10-11H,4-9H2,1H3,(H,18,23,25);11-12H,2-10H2,1H3;1H2;/q-1;;;-1;+2. The fourth-order valence-corrected chi connectivity index (χ4v) is 9.19. The Morgan fingerprint density at radius 2 is 1.56 bits per heavy atom. The van der Waals surface area contributed by atoms with Gasteiger partial charge in [0.2, 0.25) is 18.2 Å². The van der Waals surface area contributed by atoms with Crippen LogP contribution in [0.5, 0.6) is 11.5 Å². The van der Waals surface area contributed by atoms with Crippen LogP contribution in [-0.4, -0.2) is 125 Å². The van der Waals surface area contributed by atoms with E-state index in [4.69, 9.17) is 31.5 Å². The molecule has 8 rings (SSSR count). The zero-order valence-corrected chi connectivity index (χ0v) is 44.6. The second-order valence-corrected chi connectivity index (χ2v) is 18.1. The van der Waals surface area contributed by atoms with Gasteiger partial charge in [0.1, 0.15) is 12.4 Å². The van der Waals surface area contributed by atoms with Crippen LogP contribution in [0.3, 0.4) is 0 Å². The van der Waals surface area contributed by atoms with Crippen molar-refractivity contribution in [3.05, 3.63) is 119 Å². The van der Waals surface area contributed by atoms with Gasteiger partial charge in [-0.3, -0.25) is 33.8 Å². The van der Waals surface area contributed by atoms with Crippen LogP contribution >= 0.6 is 11.6 Å². The molecule has 3 heterocycles. The van der Waals surface area contributed by atoms with Crippen molar-refractivity contribution in [2.75, 3.05) is 84.7 Å². The van der Waals surface area contributed by atoms with Gasteiger partial charge in [-0.15, -0.1) is 17.7 Å². The number of imide groups is 1. The molecule has 4 aliphatic rings. The van der Waals surface area contributed by atoms with Crippen molar-refractivity contribution in [3.8, 4) is 22.6 Å². The maximum atomic E-state index is 15.0. The molecule has 1 unspecified atom stereocenters. The number of benzene rings is 4. The van der Waals surface area contributed by atoms with Crippen molar-refractivity contribution >= 4 is 47.5 Å². The molecule has 1 aliphatic carbocycles. The summed E-state index contributed by atoms with van der Waals surface area (Å²) >= 11 is 6.40. The minimum absolute atomic E-state index is 0. The van der Waals surface area contributed by atoms with Gasteiger partial charge in [-0.05, 0) is 60.9 Å². The smallest absolute Gasteiger partial charge is 0.693 e. The Morgan fingerprint density at radius 3 is 2.20 bits per heavy atom. The van der Waals surface area contributed by atoms with E-state index in [1.807, 2.05) is 42.5 Å². The van der Waals surface area contributed by atoms with Gasteiger partial charge in [0.25, 0.3) is 5.91 Å². The minimum Gasteiger partial charge on any atom is -0.693 e. The number of nitrogens with one attached hydrogen (secondary N) is 1. The molecule has 0 radical (unpaired) electrons. The molecule has 4 fully saturated rings. The molecular weight excluding hydrogens is 1100 g/mol. The molecule has 1 saturated carbocycles. The fraction of sp³-hybridized carbons (Fsp3) is 0.453. The molecule has 4 aromatic carbocycles. The van der Waals surface area contributed by atoms with Gasteiger partial charge >= 0.3 is 27.1 Å². The molecule has 6 amide bonds. The van der Waals surface area contributed by atoms with Crippen LogP contribution < -0.4 is 25.4 Å². The van der Waals surface area contributed by atoms with Crippen molar-refractivity contribution in [1.82, 2.24) is 20.0 Å². The number of ether oxygens (including phenoxy) is 3. The van der Waals surface area contributed by atoms with Crippen LogP contribution in [-0.2, 0) is 40.2 Å². The number of nitrogens with zero attached hydrogens (tertiary/aromatic N) is 4. The van der Waals surface area contributed by atoms with E-state index in [0.717, 1.165) is 49.4 Å². The summed E-state index contributed by atoms with van der Waals surface area (Å²) in [7, 11) is 3.03. The number of urea groups is 1. The minimum atomic E-state index is -0.511. The maximum absolute atomic E-state index is 15.0. The number of hydrogen-bond donors (Lipinski definition) is 2. The van der Waals surface area contributed by atoms with E-state index in [1.165, 1.54) is 44.1 Å². The van der Waals surface area contributed by atoms with Crippen LogP contribution in [0, 0.1) is 23.7 Å². The monoisotopic (exact) mass is 1170 g/mol. The third-order valence-corrected chi connectivity index (χ3v) is 13.4. The Kier molecular flexibility index (Phi) is 23.9. The number of carbonyl (C=O) groups is 5. The Morgan fingerprint density at radius 1 is 0.859 bits per heavy atom. The fourth-order valence-electron chi connectivity index (χ4n) is 8.98. The Bertz CT molecular complexity index is 2360. The molecule has 71 heavy (non-hydrogen) atoms. The molecule has 382 valence electrons. The first-order valence-corrected chi connectivity index (χ1v) is 24.3. The number of anilines is 1. The Balaban J connectivity index is 0.000000238. The summed E-state index contributed by atoms with van der Waals surface area (Å²) in [6, 6.07) is 26.0. The zero-order chi connectivity index (χ0) is 49.3. The molecule has 4 aromatic rings. The van der Waals surface area contributed by atoms with Gasteiger partial charge in [0.05, 0.1) is 31.0 Å². The molecule has 18 heteroatoms. The first-order valence-electron chi connectivity index (χ1n) is 23.9. The van der Waals surface area contributed by atoms with Crippen molar-refractivity contribution in [1.29, 1.82) is 0 Å². The Labute approximate surface area is 436 Å². The average Bonchev–Trinajstić information content (AvgIpc) is 3.38. The number of halogens is 2. The largest absolute Gasteiger partial charge is 2.00 e. The van der Waals surface area contributed by atoms with Crippen LogP contribution in [0.15, 0.2) is 78.9 Å². The van der Waals surface area contributed by atoms with E-state index >= 15 is 4.39 Å². The number of carbonyl (C=O) groups excluding carboxylic acids is 5. The summed E-state index contributed by atoms with van der Waals surface area (Å²) in [5, 5.41) is 2.70. The summed E-state index contributed by atoms with van der Waals surface area (Å²) in [5.74, 6) is 1.19. The molecule has 3 saturated heterocycles. The summed E-state index contributed by atoms with van der Waals surface area (Å²) in [6.07, 6.45) is 9.55. The van der Waals surface area contributed by atoms with Gasteiger partial charge < -0.3 is 40.8 Å². The van der Waals surface area contributed by atoms with E-state index in [0.29, 0.717) is 78.7 Å². The Hall–Kier alpha value is -5.38. The normalized spacial score (nSPS) is 16.6. The molecule has 15 nitrogen and oxygen atoms in total. The van der Waals surface area contributed by atoms with Crippen LogP contribution in [0.2, 0.25) is 5.02 Å². The second-order valence-electron chi connectivity index (χ2n) is 17.7. The van der Waals surface area contributed by atoms with Crippen molar-refractivity contribution in [2.24, 2.45) is 17.6 Å². The molecule has 0 aromatic heterocycles. The van der Waals surface area contributed by atoms with E-state index in [-0.39, 0.29) is 75.8 Å². The van der Waals surface area contributed by atoms with Gasteiger partial charge in [-0.2, -0.15) is 0 Å². The predicted octanol–water partition coefficient (Wildman–Crippen LogP) is 8.66. The first kappa shape index (κ1) is 58.2. The SMILES string of the molecule is CC1CCN(C(=O)C2CCCCC2)CC1.COCCOc1cc[c-]c(-c2cc(C(CN)c3ccccc3)ccc2Cl)c1F.COc1cc(C(=O)N2CCN(C=O)CC2)ccc1N1CCC(=O)NC1=O.[NH2-].[W+2]. The predicted molar refractivity (Wildman–Crippen MR) is 269 cm³/mol. The summed E-state index contributed by atoms with van der Waals surface area (Å²) in [4.78, 5) is 65.8. The second kappa shape index (κ2) is 29.2. The average molecular weight is 1170 g/mol. The topological polar surface area (TPSA) is 198 Å². The molecule has 0 spiro atoms. The van der Waals surface area contributed by atoms with Crippen molar-refractivity contribution < 1.29 is 63.6 Å². The number of piperazine rings is 1. The zero-order valence-electron chi connectivity index (χ0n) is 40.9. The van der Waals surface area contributed by atoms with E-state index < -0.39 is 11.8 Å². The number of hydrogen-bond acceptors (Lipinski definition) is 9. The molecule has 0 bridgehead atoms. The van der Waals surface area contributed by atoms with Crippen LogP contribution in [0.4, 0.5) is 14.9 Å². The van der Waals surface area contributed by atoms with E-state index in [9.17, 15) is 24.0 Å². The van der Waals surface area contributed by atoms with E-state index in [1.54, 1.807) is 53.3 Å². The third-order valence-electron chi connectivity index (χ3n) is 13.1. The number of amides is 6. The van der Waals surface area contributed by atoms with Crippen molar-refractivity contribution in [2.45, 2.75) is 64.2 Å². The molecule has 1 atom stereocenters. The first-order chi connectivity index (χ1) is 33.5. The number of methoxy groups -OCH3 is 2. The summed E-state index contributed by atoms with van der Waals surface area (Å²) < 4.78 is 30.8. The van der Waals surface area contributed by atoms with Gasteiger partial charge in [0, 0.05) is 88.3 Å². The summed E-state index contributed by atoms with van der Waals surface area (Å²) in [6.45, 7) is 7.58. The maximum Gasteiger partial charge on any atom is 2.00 e. The van der Waals surface area contributed by atoms with Crippen molar-refractivity contribution in [3.63, 3.8) is 0 Å². The number of nitrogens with two attached hydrogens (primary N) is 2. The third kappa shape index (κ3) is 15.8. The van der Waals surface area contributed by atoms with Gasteiger partial charge in [-0.1, -0.05) is 97.9 Å². The quantitative estimate of drug-likeness (QED) is 0.0748. The molecular formula is C53H67ClFN7O8W. The van der Waals surface area contributed by atoms with Gasteiger partial charge in [0.15, 0.2) is 0 Å². The van der Waals surface area contributed by atoms with Gasteiger partial charge in [-0.25, -0.2) is 4.79 Å². The van der Waals surface area contributed by atoms with E-state index in [2.05, 4.69) is 23.2 Å². The summed E-state index contributed by atoms with van der Waals surface area (Å²) in [5.41, 5.74) is 9.87. The number of rotatable bonds is 13. The number of likely N-dealkylation sites (tertiary alicyclic amines) is 1. The molecule has 5 N–H and O–H groups in total. The van der Waals surface area contributed by atoms with Crippen LogP contribution in [0.1, 0.15) is 85.7 Å². The molecule has 3 aliphatic heterocycles. The number of piperidine rings is 1. The van der Waals surface area contributed by atoms with Crippen LogP contribution in [0.25, 0.3) is 17.3 Å².